The molecule has 0 spiro atoms. The molecule has 0 aliphatic heterocycles. The van der Waals surface area contributed by atoms with Gasteiger partial charge in [-0.25, -0.2) is 4.39 Å². The number of carboxylic acid groups (broad SMARTS) is 1. The molecule has 6 heteroatoms. The van der Waals surface area contributed by atoms with Gasteiger partial charge in [-0.3, -0.25) is 4.79 Å². The Labute approximate surface area is 115 Å². The summed E-state index contributed by atoms with van der Waals surface area (Å²) in [5.41, 5.74) is 5.94. The summed E-state index contributed by atoms with van der Waals surface area (Å²) < 4.78 is 13.1. The number of rotatable bonds is 5. The fraction of sp³-hybridized carbons (Fsp3) is 0.385. The largest absolute Gasteiger partial charge is 0.480 e. The van der Waals surface area contributed by atoms with E-state index in [0.717, 1.165) is 0 Å². The molecule has 1 aromatic carbocycles. The van der Waals surface area contributed by atoms with Gasteiger partial charge in [-0.1, -0.05) is 12.1 Å². The fourth-order valence-electron chi connectivity index (χ4n) is 1.43. The van der Waals surface area contributed by atoms with Crippen LogP contribution in [0, 0.1) is 17.1 Å². The van der Waals surface area contributed by atoms with Crippen molar-refractivity contribution in [1.29, 1.82) is 5.26 Å². The van der Waals surface area contributed by atoms with Crippen LogP contribution in [-0.4, -0.2) is 21.9 Å². The van der Waals surface area contributed by atoms with Crippen molar-refractivity contribution in [2.24, 2.45) is 5.73 Å². The average Bonchev–Trinajstić information content (AvgIpc) is 2.36. The summed E-state index contributed by atoms with van der Waals surface area (Å²) in [6.45, 7) is 3.39. The van der Waals surface area contributed by atoms with Gasteiger partial charge in [0, 0.05) is 10.5 Å². The third-order valence-corrected chi connectivity index (χ3v) is 4.27. The van der Waals surface area contributed by atoms with Gasteiger partial charge in [-0.2, -0.15) is 5.26 Å². The van der Waals surface area contributed by atoms with Crippen LogP contribution in [-0.2, 0) is 10.5 Å². The first-order valence-corrected chi connectivity index (χ1v) is 6.58. The van der Waals surface area contributed by atoms with Gasteiger partial charge in [0.2, 0.25) is 0 Å². The summed E-state index contributed by atoms with van der Waals surface area (Å²) in [7, 11) is 0. The average molecular weight is 282 g/mol. The molecule has 1 atom stereocenters. The monoisotopic (exact) mass is 282 g/mol. The number of nitrogens with two attached hydrogens (primary N) is 1. The molecule has 0 bridgehead atoms. The highest BCUT2D eigenvalue weighted by Crippen LogP contribution is 2.31. The number of hydrogen-bond acceptors (Lipinski definition) is 4. The highest BCUT2D eigenvalue weighted by molar-refractivity contribution is 7.99. The Kier molecular flexibility index (Phi) is 4.92. The van der Waals surface area contributed by atoms with Gasteiger partial charge in [0.05, 0.1) is 5.56 Å². The molecule has 0 aliphatic rings. The molecule has 1 rings (SSSR count). The number of benzene rings is 1. The van der Waals surface area contributed by atoms with Crippen molar-refractivity contribution in [3.05, 3.63) is 35.1 Å². The molecule has 0 fully saturated rings. The van der Waals surface area contributed by atoms with Crippen LogP contribution < -0.4 is 5.73 Å². The summed E-state index contributed by atoms with van der Waals surface area (Å²) in [5.74, 6) is -1.39. The number of nitriles is 1. The smallest absolute Gasteiger partial charge is 0.321 e. The fourth-order valence-corrected chi connectivity index (χ4v) is 2.46. The van der Waals surface area contributed by atoms with Crippen molar-refractivity contribution in [1.82, 2.24) is 0 Å². The van der Waals surface area contributed by atoms with Crippen molar-refractivity contribution in [3.63, 3.8) is 0 Å². The second kappa shape index (κ2) is 6.04. The summed E-state index contributed by atoms with van der Waals surface area (Å²) in [5, 5.41) is 17.6. The molecular formula is C13H15FN2O2S. The first kappa shape index (κ1) is 15.5. The van der Waals surface area contributed by atoms with Gasteiger partial charge in [-0.05, 0) is 25.5 Å². The van der Waals surface area contributed by atoms with E-state index in [-0.39, 0.29) is 11.3 Å². The van der Waals surface area contributed by atoms with Gasteiger partial charge in [0.15, 0.2) is 0 Å². The van der Waals surface area contributed by atoms with E-state index in [2.05, 4.69) is 0 Å². The van der Waals surface area contributed by atoms with E-state index in [1.807, 2.05) is 0 Å². The van der Waals surface area contributed by atoms with Gasteiger partial charge >= 0.3 is 5.97 Å². The molecule has 0 unspecified atom stereocenters. The van der Waals surface area contributed by atoms with E-state index >= 15 is 0 Å². The zero-order valence-electron chi connectivity index (χ0n) is 10.7. The Bertz CT molecular complexity index is 526. The summed E-state index contributed by atoms with van der Waals surface area (Å²) in [6, 6.07) is 5.30. The lowest BCUT2D eigenvalue weighted by Gasteiger charge is -2.28. The van der Waals surface area contributed by atoms with Gasteiger partial charge in [0.25, 0.3) is 0 Å². The Balaban J connectivity index is 2.83. The summed E-state index contributed by atoms with van der Waals surface area (Å²) in [6.07, 6.45) is 0. The number of nitrogens with zero attached hydrogens (tertiary/aromatic N) is 1. The molecule has 4 nitrogen and oxygen atoms in total. The standard InChI is InChI=1S/C13H15FN2O2S/c1-13(2,11(16)12(17)18)19-7-9-5-3-4-8(6-15)10(9)14/h3-5,11H,7,16H2,1-2H3,(H,17,18)/t11-/m1/s1. The lowest BCUT2D eigenvalue weighted by Crippen LogP contribution is -2.46. The Morgan fingerprint density at radius 1 is 1.63 bits per heavy atom. The molecule has 0 saturated heterocycles. The maximum Gasteiger partial charge on any atom is 0.321 e. The van der Waals surface area contributed by atoms with E-state index in [1.54, 1.807) is 32.0 Å². The Morgan fingerprint density at radius 2 is 2.26 bits per heavy atom. The molecule has 19 heavy (non-hydrogen) atoms. The van der Waals surface area contributed by atoms with E-state index < -0.39 is 22.6 Å². The van der Waals surface area contributed by atoms with E-state index in [9.17, 15) is 9.18 Å². The highest BCUT2D eigenvalue weighted by atomic mass is 32.2. The highest BCUT2D eigenvalue weighted by Gasteiger charge is 2.32. The molecule has 0 saturated carbocycles. The minimum absolute atomic E-state index is 0.0153. The van der Waals surface area contributed by atoms with Crippen LogP contribution in [0.25, 0.3) is 0 Å². The molecule has 1 aromatic rings. The van der Waals surface area contributed by atoms with Gasteiger partial charge < -0.3 is 10.8 Å². The van der Waals surface area contributed by atoms with Crippen LogP contribution >= 0.6 is 11.8 Å². The van der Waals surface area contributed by atoms with Crippen LogP contribution in [0.15, 0.2) is 18.2 Å². The first-order valence-electron chi connectivity index (χ1n) is 5.59. The van der Waals surface area contributed by atoms with E-state index in [1.165, 1.54) is 17.8 Å². The number of carboxylic acids is 1. The molecule has 0 radical (unpaired) electrons. The Hall–Kier alpha value is -1.58. The summed E-state index contributed by atoms with van der Waals surface area (Å²) >= 11 is 1.25. The van der Waals surface area contributed by atoms with Crippen LogP contribution in [0.3, 0.4) is 0 Å². The molecular weight excluding hydrogens is 267 g/mol. The second-order valence-corrected chi connectivity index (χ2v) is 6.23. The maximum atomic E-state index is 13.8. The van der Waals surface area contributed by atoms with Crippen molar-refractivity contribution in [2.75, 3.05) is 0 Å². The van der Waals surface area contributed by atoms with Crippen molar-refractivity contribution >= 4 is 17.7 Å². The number of carbonyl (C=O) groups is 1. The molecule has 0 aromatic heterocycles. The molecule has 0 aliphatic carbocycles. The third-order valence-electron chi connectivity index (χ3n) is 2.81. The minimum Gasteiger partial charge on any atom is -0.480 e. The number of thioether (sulfide) groups is 1. The van der Waals surface area contributed by atoms with Gasteiger partial charge in [-0.15, -0.1) is 11.8 Å². The van der Waals surface area contributed by atoms with Gasteiger partial charge in [0.1, 0.15) is 17.9 Å². The second-order valence-electron chi connectivity index (χ2n) is 4.60. The molecule has 0 amide bonds. The lowest BCUT2D eigenvalue weighted by atomic mass is 10.1. The lowest BCUT2D eigenvalue weighted by molar-refractivity contribution is -0.139. The predicted molar refractivity (Wildman–Crippen MR) is 72.1 cm³/mol. The maximum absolute atomic E-state index is 13.8. The molecule has 102 valence electrons. The Morgan fingerprint density at radius 3 is 2.79 bits per heavy atom. The molecule has 0 heterocycles. The quantitative estimate of drug-likeness (QED) is 0.863. The molecule has 3 N–H and O–H groups in total. The minimum atomic E-state index is -1.09. The number of hydrogen-bond donors (Lipinski definition) is 2. The zero-order valence-corrected chi connectivity index (χ0v) is 11.5. The number of halogens is 1. The van der Waals surface area contributed by atoms with E-state index in [4.69, 9.17) is 16.1 Å². The first-order chi connectivity index (χ1) is 8.79. The van der Waals surface area contributed by atoms with Crippen molar-refractivity contribution < 1.29 is 14.3 Å². The summed E-state index contributed by atoms with van der Waals surface area (Å²) in [4.78, 5) is 10.9. The SMILES string of the molecule is CC(C)(SCc1cccc(C#N)c1F)[C@H](N)C(=O)O. The van der Waals surface area contributed by atoms with Crippen LogP contribution in [0.2, 0.25) is 0 Å². The predicted octanol–water partition coefficient (Wildman–Crippen LogP) is 2.12. The van der Waals surface area contributed by atoms with Crippen molar-refractivity contribution in [2.45, 2.75) is 30.4 Å². The normalized spacial score (nSPS) is 12.8. The van der Waals surface area contributed by atoms with Crippen LogP contribution in [0.1, 0.15) is 25.0 Å². The topological polar surface area (TPSA) is 87.1 Å². The number of aliphatic carboxylic acids is 1. The third kappa shape index (κ3) is 3.69. The zero-order chi connectivity index (χ0) is 14.6. The van der Waals surface area contributed by atoms with E-state index in [0.29, 0.717) is 5.56 Å². The van der Waals surface area contributed by atoms with Crippen LogP contribution in [0.4, 0.5) is 4.39 Å². The van der Waals surface area contributed by atoms with Crippen LogP contribution in [0.5, 0.6) is 0 Å². The van der Waals surface area contributed by atoms with Crippen molar-refractivity contribution in [3.8, 4) is 6.07 Å².